The lowest BCUT2D eigenvalue weighted by Crippen LogP contribution is -2.10. The van der Waals surface area contributed by atoms with Crippen LogP contribution in [-0.4, -0.2) is 14.1 Å². The molecule has 2 rings (SSSR count). The maximum Gasteiger partial charge on any atom is 0.0494 e. The zero-order valence-electron chi connectivity index (χ0n) is 13.9. The van der Waals surface area contributed by atoms with Crippen molar-refractivity contribution in [2.24, 2.45) is 0 Å². The van der Waals surface area contributed by atoms with Gasteiger partial charge in [-0.1, -0.05) is 26.8 Å². The normalized spacial score (nSPS) is 11.5. The van der Waals surface area contributed by atoms with Crippen molar-refractivity contribution in [2.45, 2.75) is 39.7 Å². The lowest BCUT2D eigenvalue weighted by Gasteiger charge is -2.17. The van der Waals surface area contributed by atoms with Crippen LogP contribution in [-0.2, 0) is 12.0 Å². The highest BCUT2D eigenvalue weighted by Crippen LogP contribution is 2.30. The molecular formula is C18H26N2S. The molecule has 0 atom stereocenters. The first kappa shape index (κ1) is 15.9. The smallest absolute Gasteiger partial charge is 0.0494 e. The molecule has 3 heteroatoms. The Morgan fingerprint density at radius 3 is 2.38 bits per heavy atom. The fourth-order valence-electron chi connectivity index (χ4n) is 2.27. The zero-order chi connectivity index (χ0) is 15.6. The van der Waals surface area contributed by atoms with Gasteiger partial charge in [0.2, 0.25) is 0 Å². The number of aryl methyl sites for hydroxylation is 1. The topological polar surface area (TPSA) is 15.3 Å². The van der Waals surface area contributed by atoms with Gasteiger partial charge in [0.25, 0.3) is 0 Å². The van der Waals surface area contributed by atoms with Gasteiger partial charge in [-0.3, -0.25) is 0 Å². The Hall–Kier alpha value is -1.48. The second kappa shape index (κ2) is 6.10. The minimum atomic E-state index is 0.241. The fourth-order valence-corrected chi connectivity index (χ4v) is 3.27. The predicted molar refractivity (Wildman–Crippen MR) is 95.9 cm³/mol. The van der Waals surface area contributed by atoms with E-state index in [9.17, 15) is 0 Å². The van der Waals surface area contributed by atoms with Crippen molar-refractivity contribution in [1.29, 1.82) is 0 Å². The van der Waals surface area contributed by atoms with Crippen LogP contribution in [0.15, 0.2) is 30.3 Å². The molecule has 0 radical (unpaired) electrons. The van der Waals surface area contributed by atoms with Gasteiger partial charge in [-0.2, -0.15) is 0 Å². The highest BCUT2D eigenvalue weighted by atomic mass is 32.1. The Bertz CT molecular complexity index is 606. The SMILES string of the molecule is Cc1ccc(NCc2ccc(C(C)(C)C)s2)cc1N(C)C. The summed E-state index contributed by atoms with van der Waals surface area (Å²) in [5.74, 6) is 0. The number of nitrogens with zero attached hydrogens (tertiary/aromatic N) is 1. The van der Waals surface area contributed by atoms with Gasteiger partial charge < -0.3 is 10.2 Å². The summed E-state index contributed by atoms with van der Waals surface area (Å²) in [5.41, 5.74) is 3.98. The Labute approximate surface area is 132 Å². The molecule has 1 aromatic heterocycles. The largest absolute Gasteiger partial charge is 0.380 e. The lowest BCUT2D eigenvalue weighted by atomic mass is 9.95. The maximum atomic E-state index is 3.53. The first-order valence-electron chi connectivity index (χ1n) is 7.38. The third kappa shape index (κ3) is 4.01. The molecule has 1 heterocycles. The minimum absolute atomic E-state index is 0.241. The van der Waals surface area contributed by atoms with Crippen molar-refractivity contribution >= 4 is 22.7 Å². The number of hydrogen-bond acceptors (Lipinski definition) is 3. The van der Waals surface area contributed by atoms with E-state index in [0.29, 0.717) is 0 Å². The summed E-state index contributed by atoms with van der Waals surface area (Å²) >= 11 is 1.90. The molecule has 0 bridgehead atoms. The number of benzene rings is 1. The van der Waals surface area contributed by atoms with Crippen LogP contribution in [0.4, 0.5) is 11.4 Å². The number of anilines is 2. The van der Waals surface area contributed by atoms with E-state index in [2.05, 4.69) is 82.3 Å². The molecule has 0 aliphatic heterocycles. The lowest BCUT2D eigenvalue weighted by molar-refractivity contribution is 0.604. The number of thiophene rings is 1. The molecule has 0 saturated carbocycles. The molecule has 1 aromatic carbocycles. The summed E-state index contributed by atoms with van der Waals surface area (Å²) < 4.78 is 0. The van der Waals surface area contributed by atoms with E-state index in [-0.39, 0.29) is 5.41 Å². The van der Waals surface area contributed by atoms with Crippen molar-refractivity contribution in [3.05, 3.63) is 45.6 Å². The van der Waals surface area contributed by atoms with E-state index in [0.717, 1.165) is 6.54 Å². The quantitative estimate of drug-likeness (QED) is 0.852. The van der Waals surface area contributed by atoms with Crippen LogP contribution in [0.5, 0.6) is 0 Å². The molecule has 0 aliphatic carbocycles. The first-order valence-corrected chi connectivity index (χ1v) is 8.20. The molecule has 0 spiro atoms. The third-order valence-electron chi connectivity index (χ3n) is 3.56. The van der Waals surface area contributed by atoms with Gasteiger partial charge in [0.05, 0.1) is 0 Å². The van der Waals surface area contributed by atoms with E-state index in [4.69, 9.17) is 0 Å². The van der Waals surface area contributed by atoms with Gasteiger partial charge >= 0.3 is 0 Å². The number of hydrogen-bond donors (Lipinski definition) is 1. The van der Waals surface area contributed by atoms with Gasteiger partial charge in [-0.25, -0.2) is 0 Å². The van der Waals surface area contributed by atoms with Gasteiger partial charge in [-0.15, -0.1) is 11.3 Å². The molecule has 0 amide bonds. The van der Waals surface area contributed by atoms with Crippen LogP contribution >= 0.6 is 11.3 Å². The monoisotopic (exact) mass is 302 g/mol. The average Bonchev–Trinajstić information content (AvgIpc) is 2.86. The van der Waals surface area contributed by atoms with E-state index in [1.807, 2.05) is 11.3 Å². The van der Waals surface area contributed by atoms with Crippen LogP contribution in [0.2, 0.25) is 0 Å². The zero-order valence-corrected chi connectivity index (χ0v) is 14.8. The van der Waals surface area contributed by atoms with Crippen LogP contribution in [0, 0.1) is 6.92 Å². The van der Waals surface area contributed by atoms with Crippen LogP contribution in [0.1, 0.15) is 36.1 Å². The van der Waals surface area contributed by atoms with Gasteiger partial charge in [0, 0.05) is 41.8 Å². The van der Waals surface area contributed by atoms with Crippen molar-refractivity contribution in [1.82, 2.24) is 0 Å². The summed E-state index contributed by atoms with van der Waals surface area (Å²) in [4.78, 5) is 4.98. The molecule has 1 N–H and O–H groups in total. The molecule has 21 heavy (non-hydrogen) atoms. The molecule has 114 valence electrons. The molecule has 0 unspecified atom stereocenters. The van der Waals surface area contributed by atoms with Crippen molar-refractivity contribution in [3.8, 4) is 0 Å². The summed E-state index contributed by atoms with van der Waals surface area (Å²) in [5, 5.41) is 3.53. The van der Waals surface area contributed by atoms with Gasteiger partial charge in [0.1, 0.15) is 0 Å². The minimum Gasteiger partial charge on any atom is -0.380 e. The first-order chi connectivity index (χ1) is 9.77. The average molecular weight is 302 g/mol. The van der Waals surface area contributed by atoms with Gasteiger partial charge in [0.15, 0.2) is 0 Å². The van der Waals surface area contributed by atoms with Crippen LogP contribution < -0.4 is 10.2 Å². The van der Waals surface area contributed by atoms with Crippen molar-refractivity contribution in [3.63, 3.8) is 0 Å². The summed E-state index contributed by atoms with van der Waals surface area (Å²) in [6.07, 6.45) is 0. The Morgan fingerprint density at radius 1 is 1.10 bits per heavy atom. The Balaban J connectivity index is 2.06. The maximum absolute atomic E-state index is 3.53. The third-order valence-corrected chi connectivity index (χ3v) is 5.07. The van der Waals surface area contributed by atoms with Gasteiger partial charge in [-0.05, 0) is 42.2 Å². The van der Waals surface area contributed by atoms with Crippen LogP contribution in [0.25, 0.3) is 0 Å². The summed E-state index contributed by atoms with van der Waals surface area (Å²) in [7, 11) is 4.17. The Morgan fingerprint density at radius 2 is 1.81 bits per heavy atom. The van der Waals surface area contributed by atoms with Crippen molar-refractivity contribution < 1.29 is 0 Å². The number of nitrogens with one attached hydrogen (secondary N) is 1. The molecule has 0 aliphatic rings. The fraction of sp³-hybridized carbons (Fsp3) is 0.444. The van der Waals surface area contributed by atoms with E-state index >= 15 is 0 Å². The molecule has 0 saturated heterocycles. The summed E-state index contributed by atoms with van der Waals surface area (Å²) in [6, 6.07) is 11.0. The van der Waals surface area contributed by atoms with Crippen molar-refractivity contribution in [2.75, 3.05) is 24.3 Å². The number of rotatable bonds is 4. The molecule has 0 fully saturated rings. The second-order valence-corrected chi connectivity index (χ2v) is 7.93. The predicted octanol–water partition coefficient (Wildman–Crippen LogP) is 5.03. The van der Waals surface area contributed by atoms with E-state index in [1.165, 1.54) is 26.7 Å². The summed E-state index contributed by atoms with van der Waals surface area (Å²) in [6.45, 7) is 9.82. The molecule has 2 nitrogen and oxygen atoms in total. The highest BCUT2D eigenvalue weighted by molar-refractivity contribution is 7.12. The van der Waals surface area contributed by atoms with E-state index in [1.54, 1.807) is 0 Å². The van der Waals surface area contributed by atoms with Crippen LogP contribution in [0.3, 0.4) is 0 Å². The Kier molecular flexibility index (Phi) is 4.62. The molecule has 2 aromatic rings. The second-order valence-electron chi connectivity index (χ2n) is 6.77. The van der Waals surface area contributed by atoms with E-state index < -0.39 is 0 Å². The standard InChI is InChI=1S/C18H26N2S/c1-13-7-8-14(11-16(13)20(5)6)19-12-15-9-10-17(21-15)18(2,3)4/h7-11,19H,12H2,1-6H3. The highest BCUT2D eigenvalue weighted by Gasteiger charge is 2.15. The molecular weight excluding hydrogens is 276 g/mol.